The molecular formula is C17H17FO2. The summed E-state index contributed by atoms with van der Waals surface area (Å²) in [7, 11) is 1.58. The molecule has 104 valence electrons. The van der Waals surface area contributed by atoms with Crippen LogP contribution in [0.4, 0.5) is 4.39 Å². The molecule has 0 radical (unpaired) electrons. The van der Waals surface area contributed by atoms with Gasteiger partial charge in [0.1, 0.15) is 5.82 Å². The lowest BCUT2D eigenvalue weighted by atomic mass is 9.99. The van der Waals surface area contributed by atoms with Crippen molar-refractivity contribution in [3.05, 3.63) is 71.0 Å². The third kappa shape index (κ3) is 3.31. The molecule has 20 heavy (non-hydrogen) atoms. The number of Topliss-reactive ketones (excluding diaryl/α,β-unsaturated/α-hetero) is 1. The molecule has 0 saturated carbocycles. The second-order valence-electron chi connectivity index (χ2n) is 4.73. The number of carbonyl (C=O) groups excluding carboxylic acids is 1. The molecule has 0 aliphatic rings. The van der Waals surface area contributed by atoms with Gasteiger partial charge in [-0.05, 0) is 36.2 Å². The highest BCUT2D eigenvalue weighted by Crippen LogP contribution is 2.23. The van der Waals surface area contributed by atoms with Crippen LogP contribution in [0.25, 0.3) is 0 Å². The van der Waals surface area contributed by atoms with E-state index in [1.807, 2.05) is 30.3 Å². The lowest BCUT2D eigenvalue weighted by Crippen LogP contribution is -2.09. The summed E-state index contributed by atoms with van der Waals surface area (Å²) in [4.78, 5) is 12.2. The van der Waals surface area contributed by atoms with Gasteiger partial charge < -0.3 is 4.74 Å². The summed E-state index contributed by atoms with van der Waals surface area (Å²) in [6, 6.07) is 14.0. The van der Waals surface area contributed by atoms with E-state index < -0.39 is 0 Å². The van der Waals surface area contributed by atoms with Crippen LogP contribution < -0.4 is 0 Å². The zero-order valence-corrected chi connectivity index (χ0v) is 11.6. The molecule has 1 unspecified atom stereocenters. The van der Waals surface area contributed by atoms with Gasteiger partial charge in [0.25, 0.3) is 0 Å². The van der Waals surface area contributed by atoms with E-state index >= 15 is 0 Å². The van der Waals surface area contributed by atoms with Crippen LogP contribution in [0.3, 0.4) is 0 Å². The molecule has 0 amide bonds. The summed E-state index contributed by atoms with van der Waals surface area (Å²) in [6.45, 7) is 1.65. The predicted molar refractivity (Wildman–Crippen MR) is 76.3 cm³/mol. The van der Waals surface area contributed by atoms with Crippen molar-refractivity contribution in [3.8, 4) is 0 Å². The van der Waals surface area contributed by atoms with E-state index in [4.69, 9.17) is 4.74 Å². The van der Waals surface area contributed by atoms with Crippen molar-refractivity contribution in [1.82, 2.24) is 0 Å². The van der Waals surface area contributed by atoms with E-state index in [1.165, 1.54) is 12.1 Å². The van der Waals surface area contributed by atoms with E-state index in [0.717, 1.165) is 5.56 Å². The molecule has 0 saturated heterocycles. The Morgan fingerprint density at radius 3 is 2.50 bits per heavy atom. The maximum Gasteiger partial charge on any atom is 0.165 e. The van der Waals surface area contributed by atoms with Gasteiger partial charge >= 0.3 is 0 Å². The Kier molecular flexibility index (Phi) is 4.64. The quantitative estimate of drug-likeness (QED) is 0.766. The van der Waals surface area contributed by atoms with Crippen molar-refractivity contribution in [2.24, 2.45) is 0 Å². The van der Waals surface area contributed by atoms with Gasteiger partial charge in [-0.1, -0.05) is 30.3 Å². The fourth-order valence-electron chi connectivity index (χ4n) is 2.11. The molecule has 2 rings (SSSR count). The number of ether oxygens (including phenoxy) is 1. The van der Waals surface area contributed by atoms with Crippen LogP contribution in [-0.4, -0.2) is 12.9 Å². The number of ketones is 1. The van der Waals surface area contributed by atoms with E-state index in [1.54, 1.807) is 20.1 Å². The SMILES string of the molecule is COC(CC(=O)c1ccc(F)c(C)c1)c1ccccc1. The minimum Gasteiger partial charge on any atom is -0.376 e. The summed E-state index contributed by atoms with van der Waals surface area (Å²) in [5.74, 6) is -0.350. The number of carbonyl (C=O) groups is 1. The fourth-order valence-corrected chi connectivity index (χ4v) is 2.11. The van der Waals surface area contributed by atoms with E-state index in [2.05, 4.69) is 0 Å². The number of aryl methyl sites for hydroxylation is 1. The van der Waals surface area contributed by atoms with Crippen molar-refractivity contribution in [3.63, 3.8) is 0 Å². The minimum absolute atomic E-state index is 0.0520. The normalized spacial score (nSPS) is 12.2. The Labute approximate surface area is 118 Å². The minimum atomic E-state index is -0.298. The molecule has 2 nitrogen and oxygen atoms in total. The summed E-state index contributed by atoms with van der Waals surface area (Å²) in [6.07, 6.45) is -0.0416. The molecule has 0 bridgehead atoms. The van der Waals surface area contributed by atoms with Crippen LogP contribution >= 0.6 is 0 Å². The van der Waals surface area contributed by atoms with Crippen molar-refractivity contribution in [2.75, 3.05) is 7.11 Å². The summed E-state index contributed by atoms with van der Waals surface area (Å²) < 4.78 is 18.6. The zero-order chi connectivity index (χ0) is 14.5. The molecule has 2 aromatic carbocycles. The average Bonchev–Trinajstić information content (AvgIpc) is 2.48. The van der Waals surface area contributed by atoms with Crippen LogP contribution in [-0.2, 0) is 4.74 Å². The van der Waals surface area contributed by atoms with Gasteiger partial charge in [-0.25, -0.2) is 4.39 Å². The number of hydrogen-bond acceptors (Lipinski definition) is 2. The first-order valence-electron chi connectivity index (χ1n) is 6.49. The Morgan fingerprint density at radius 2 is 1.90 bits per heavy atom. The molecule has 0 aliphatic heterocycles. The number of benzene rings is 2. The van der Waals surface area contributed by atoms with Crippen molar-refractivity contribution in [2.45, 2.75) is 19.4 Å². The Bertz CT molecular complexity index is 593. The molecule has 0 N–H and O–H groups in total. The fraction of sp³-hybridized carbons (Fsp3) is 0.235. The lowest BCUT2D eigenvalue weighted by molar-refractivity contribution is 0.0730. The average molecular weight is 272 g/mol. The van der Waals surface area contributed by atoms with Crippen LogP contribution in [0, 0.1) is 12.7 Å². The lowest BCUT2D eigenvalue weighted by Gasteiger charge is -2.15. The van der Waals surface area contributed by atoms with Gasteiger partial charge in [-0.15, -0.1) is 0 Å². The third-order valence-electron chi connectivity index (χ3n) is 3.31. The first-order valence-corrected chi connectivity index (χ1v) is 6.49. The van der Waals surface area contributed by atoms with Crippen LogP contribution in [0.1, 0.15) is 34.0 Å². The summed E-state index contributed by atoms with van der Waals surface area (Å²) >= 11 is 0. The van der Waals surface area contributed by atoms with Gasteiger partial charge in [0.05, 0.1) is 6.10 Å². The number of methoxy groups -OCH3 is 1. The molecule has 1 atom stereocenters. The van der Waals surface area contributed by atoms with Gasteiger partial charge in [0, 0.05) is 19.1 Å². The Morgan fingerprint density at radius 1 is 1.20 bits per heavy atom. The van der Waals surface area contributed by atoms with Crippen LogP contribution in [0.15, 0.2) is 48.5 Å². The largest absolute Gasteiger partial charge is 0.376 e. The number of hydrogen-bond donors (Lipinski definition) is 0. The van der Waals surface area contributed by atoms with E-state index in [9.17, 15) is 9.18 Å². The van der Waals surface area contributed by atoms with Crippen LogP contribution in [0.2, 0.25) is 0 Å². The van der Waals surface area contributed by atoms with Crippen molar-refractivity contribution >= 4 is 5.78 Å². The first-order chi connectivity index (χ1) is 9.61. The molecule has 0 aliphatic carbocycles. The van der Waals surface area contributed by atoms with Crippen molar-refractivity contribution < 1.29 is 13.9 Å². The first kappa shape index (κ1) is 14.4. The van der Waals surface area contributed by atoms with Crippen LogP contribution in [0.5, 0.6) is 0 Å². The second-order valence-corrected chi connectivity index (χ2v) is 4.73. The molecule has 0 heterocycles. The van der Waals surface area contributed by atoms with Crippen molar-refractivity contribution in [1.29, 1.82) is 0 Å². The molecule has 2 aromatic rings. The van der Waals surface area contributed by atoms with E-state index in [0.29, 0.717) is 11.1 Å². The highest BCUT2D eigenvalue weighted by Gasteiger charge is 2.17. The Hall–Kier alpha value is -2.00. The van der Waals surface area contributed by atoms with Gasteiger partial charge in [0.15, 0.2) is 5.78 Å². The van der Waals surface area contributed by atoms with Gasteiger partial charge in [-0.3, -0.25) is 4.79 Å². The standard InChI is InChI=1S/C17H17FO2/c1-12-10-14(8-9-15(12)18)16(19)11-17(20-2)13-6-4-3-5-7-13/h3-10,17H,11H2,1-2H3. The predicted octanol–water partition coefficient (Wildman–Crippen LogP) is 4.09. The molecule has 0 spiro atoms. The smallest absolute Gasteiger partial charge is 0.165 e. The number of halogens is 1. The third-order valence-corrected chi connectivity index (χ3v) is 3.31. The maximum absolute atomic E-state index is 13.2. The summed E-state index contributed by atoms with van der Waals surface area (Å²) in [5, 5.41) is 0. The van der Waals surface area contributed by atoms with Gasteiger partial charge in [-0.2, -0.15) is 0 Å². The monoisotopic (exact) mass is 272 g/mol. The summed E-state index contributed by atoms with van der Waals surface area (Å²) in [5.41, 5.74) is 1.95. The molecule has 0 aromatic heterocycles. The molecular weight excluding hydrogens is 255 g/mol. The number of rotatable bonds is 5. The highest BCUT2D eigenvalue weighted by atomic mass is 19.1. The second kappa shape index (κ2) is 6.44. The molecule has 0 fully saturated rings. The zero-order valence-electron chi connectivity index (χ0n) is 11.6. The maximum atomic E-state index is 13.2. The van der Waals surface area contributed by atoms with Gasteiger partial charge in [0.2, 0.25) is 0 Å². The highest BCUT2D eigenvalue weighted by molar-refractivity contribution is 5.96. The molecule has 3 heteroatoms. The topological polar surface area (TPSA) is 26.3 Å². The van der Waals surface area contributed by atoms with E-state index in [-0.39, 0.29) is 24.1 Å². The Balaban J connectivity index is 2.15.